The van der Waals surface area contributed by atoms with E-state index in [1.807, 2.05) is 0 Å². The summed E-state index contributed by atoms with van der Waals surface area (Å²) in [5, 5.41) is 104. The van der Waals surface area contributed by atoms with Crippen LogP contribution in [-0.2, 0) is 0 Å². The summed E-state index contributed by atoms with van der Waals surface area (Å²) in [5.41, 5.74) is 0. The normalized spacial score (nSPS) is 21.5. The predicted octanol–water partition coefficient (Wildman–Crippen LogP) is -7.17. The average Bonchev–Trinajstić information content (AvgIpc) is 2.62. The van der Waals surface area contributed by atoms with Crippen molar-refractivity contribution in [1.82, 2.24) is 0 Å². The molecule has 12 N–H and O–H groups in total. The van der Waals surface area contributed by atoms with Crippen LogP contribution < -0.4 is 0 Å². The van der Waals surface area contributed by atoms with E-state index < -0.39 is 75.3 Å². The maximum atomic E-state index is 8.96. The Hall–Kier alpha value is -0.480. The van der Waals surface area contributed by atoms with E-state index in [9.17, 15) is 0 Å². The third-order valence-corrected chi connectivity index (χ3v) is 3.02. The zero-order chi connectivity index (χ0) is 19.4. The van der Waals surface area contributed by atoms with E-state index in [1.54, 1.807) is 0 Å². The minimum Gasteiger partial charge on any atom is -0.394 e. The van der Waals surface area contributed by atoms with Crippen LogP contribution in [0.2, 0.25) is 0 Å². The van der Waals surface area contributed by atoms with Gasteiger partial charge in [0.1, 0.15) is 48.8 Å². The van der Waals surface area contributed by atoms with E-state index in [1.165, 1.54) is 0 Å². The van der Waals surface area contributed by atoms with E-state index in [0.29, 0.717) is 0 Å². The minimum atomic E-state index is -1.67. The second-order valence-corrected chi connectivity index (χ2v) is 4.96. The molecule has 24 heavy (non-hydrogen) atoms. The summed E-state index contributed by atoms with van der Waals surface area (Å²) in [6.45, 7) is -2.90. The smallest absolute Gasteiger partial charge is 0.111 e. The van der Waals surface area contributed by atoms with E-state index in [4.69, 9.17) is 61.3 Å². The van der Waals surface area contributed by atoms with Crippen molar-refractivity contribution >= 4 is 0 Å². The lowest BCUT2D eigenvalue weighted by Gasteiger charge is -2.24. The Bertz CT molecular complexity index is 237. The van der Waals surface area contributed by atoms with Crippen LogP contribution in [0.15, 0.2) is 0 Å². The fourth-order valence-corrected chi connectivity index (χ4v) is 1.34. The van der Waals surface area contributed by atoms with Crippen molar-refractivity contribution in [3.8, 4) is 0 Å². The van der Waals surface area contributed by atoms with Crippen LogP contribution >= 0.6 is 0 Å². The molecule has 0 amide bonds. The fraction of sp³-hybridized carbons (Fsp3) is 1.00. The molecule has 0 aromatic heterocycles. The van der Waals surface area contributed by atoms with Crippen molar-refractivity contribution in [3.63, 3.8) is 0 Å². The molecule has 0 aliphatic rings. The molecule has 0 aromatic rings. The number of aliphatic hydroxyl groups is 12. The van der Waals surface area contributed by atoms with Gasteiger partial charge >= 0.3 is 0 Å². The molecule has 0 radical (unpaired) electrons. The monoisotopic (exact) mass is 364 g/mol. The SMILES string of the molecule is OC[C@H](O)[C@H](O)[C@H](O)[C@@H](O)CO.OC[C@H](O)[C@H](O)[C@H](O)[C@@H](O)CO. The third kappa shape index (κ3) is 9.12. The van der Waals surface area contributed by atoms with Crippen molar-refractivity contribution in [2.75, 3.05) is 26.4 Å². The first-order chi connectivity index (χ1) is 11.1. The second-order valence-electron chi connectivity index (χ2n) is 4.96. The molecule has 0 aliphatic carbocycles. The van der Waals surface area contributed by atoms with Gasteiger partial charge in [-0.3, -0.25) is 0 Å². The van der Waals surface area contributed by atoms with Crippen molar-refractivity contribution < 1.29 is 61.3 Å². The first kappa shape index (κ1) is 25.8. The lowest BCUT2D eigenvalue weighted by Crippen LogP contribution is -2.46. The van der Waals surface area contributed by atoms with E-state index in [0.717, 1.165) is 0 Å². The van der Waals surface area contributed by atoms with Crippen molar-refractivity contribution in [2.45, 2.75) is 48.8 Å². The summed E-state index contributed by atoms with van der Waals surface area (Å²) in [5.74, 6) is 0. The van der Waals surface area contributed by atoms with Gasteiger partial charge in [0.25, 0.3) is 0 Å². The zero-order valence-corrected chi connectivity index (χ0v) is 12.8. The Kier molecular flexibility index (Phi) is 14.8. The highest BCUT2D eigenvalue weighted by atomic mass is 16.4. The molecule has 0 fully saturated rings. The van der Waals surface area contributed by atoms with Gasteiger partial charge in [0.05, 0.1) is 26.4 Å². The summed E-state index contributed by atoms with van der Waals surface area (Å²) in [6.07, 6.45) is -12.8. The molecule has 0 saturated heterocycles. The molecular formula is C12H28O12. The molecule has 148 valence electrons. The zero-order valence-electron chi connectivity index (χ0n) is 12.8. The van der Waals surface area contributed by atoms with Crippen LogP contribution in [0.3, 0.4) is 0 Å². The molecule has 0 heterocycles. The molecule has 0 bridgehead atoms. The summed E-state index contributed by atoms with van der Waals surface area (Å²) in [6, 6.07) is 0. The molecule has 0 unspecified atom stereocenters. The van der Waals surface area contributed by atoms with E-state index in [2.05, 4.69) is 0 Å². The molecule has 0 rings (SSSR count). The third-order valence-electron chi connectivity index (χ3n) is 3.02. The Balaban J connectivity index is 0. The number of rotatable bonds is 10. The van der Waals surface area contributed by atoms with Gasteiger partial charge in [0, 0.05) is 0 Å². The molecule has 0 aromatic carbocycles. The van der Waals surface area contributed by atoms with Crippen LogP contribution in [0.4, 0.5) is 0 Å². The lowest BCUT2D eigenvalue weighted by atomic mass is 10.0. The largest absolute Gasteiger partial charge is 0.394 e. The summed E-state index contributed by atoms with van der Waals surface area (Å²) in [7, 11) is 0. The van der Waals surface area contributed by atoms with Crippen molar-refractivity contribution in [1.29, 1.82) is 0 Å². The van der Waals surface area contributed by atoms with Gasteiger partial charge < -0.3 is 61.3 Å². The molecule has 12 nitrogen and oxygen atoms in total. The number of hydrogen-bond donors (Lipinski definition) is 12. The highest BCUT2D eigenvalue weighted by Gasteiger charge is 2.30. The van der Waals surface area contributed by atoms with Gasteiger partial charge in [-0.05, 0) is 0 Å². The highest BCUT2D eigenvalue weighted by molar-refractivity contribution is 4.80. The first-order valence-electron chi connectivity index (χ1n) is 6.96. The summed E-state index contributed by atoms with van der Waals surface area (Å²) in [4.78, 5) is 0. The topological polar surface area (TPSA) is 243 Å². The van der Waals surface area contributed by atoms with Gasteiger partial charge in [-0.15, -0.1) is 0 Å². The van der Waals surface area contributed by atoms with Crippen LogP contribution in [0, 0.1) is 0 Å². The Morgan fingerprint density at radius 1 is 0.333 bits per heavy atom. The Morgan fingerprint density at radius 2 is 0.458 bits per heavy atom. The molecule has 0 spiro atoms. The summed E-state index contributed by atoms with van der Waals surface area (Å²) >= 11 is 0. The standard InChI is InChI=1S/2C6H14O6/c2*7-1-3(9)5(11)6(12)4(10)2-8/h2*3-12H,1-2H2/t2*3-,4-,5-,6+/m00/s1. The van der Waals surface area contributed by atoms with Crippen LogP contribution in [0.25, 0.3) is 0 Å². The second kappa shape index (κ2) is 13.8. The molecule has 8 atom stereocenters. The quantitative estimate of drug-likeness (QED) is 0.173. The lowest BCUT2D eigenvalue weighted by molar-refractivity contribution is -0.123. The van der Waals surface area contributed by atoms with Crippen LogP contribution in [0.5, 0.6) is 0 Å². The van der Waals surface area contributed by atoms with Gasteiger partial charge in [-0.25, -0.2) is 0 Å². The van der Waals surface area contributed by atoms with Crippen LogP contribution in [0.1, 0.15) is 0 Å². The van der Waals surface area contributed by atoms with Crippen molar-refractivity contribution in [2.24, 2.45) is 0 Å². The van der Waals surface area contributed by atoms with E-state index >= 15 is 0 Å². The van der Waals surface area contributed by atoms with E-state index in [-0.39, 0.29) is 0 Å². The maximum Gasteiger partial charge on any atom is 0.111 e. The predicted molar refractivity (Wildman–Crippen MR) is 76.4 cm³/mol. The molecule has 0 saturated carbocycles. The van der Waals surface area contributed by atoms with Gasteiger partial charge in [0.2, 0.25) is 0 Å². The van der Waals surface area contributed by atoms with Crippen LogP contribution in [-0.4, -0.2) is 137 Å². The van der Waals surface area contributed by atoms with Crippen molar-refractivity contribution in [3.05, 3.63) is 0 Å². The van der Waals surface area contributed by atoms with Gasteiger partial charge in [0.15, 0.2) is 0 Å². The Labute approximate surface area is 137 Å². The Morgan fingerprint density at radius 3 is 0.542 bits per heavy atom. The molecule has 12 heteroatoms. The van der Waals surface area contributed by atoms with Gasteiger partial charge in [-0.2, -0.15) is 0 Å². The fourth-order valence-electron chi connectivity index (χ4n) is 1.34. The number of aliphatic hydroxyl groups excluding tert-OH is 12. The number of hydrogen-bond acceptors (Lipinski definition) is 12. The highest BCUT2D eigenvalue weighted by Crippen LogP contribution is 2.04. The molecular weight excluding hydrogens is 336 g/mol. The average molecular weight is 364 g/mol. The molecule has 0 aliphatic heterocycles. The minimum absolute atomic E-state index is 0.726. The van der Waals surface area contributed by atoms with Gasteiger partial charge in [-0.1, -0.05) is 0 Å². The maximum absolute atomic E-state index is 8.96. The summed E-state index contributed by atoms with van der Waals surface area (Å²) < 4.78 is 0. The first-order valence-corrected chi connectivity index (χ1v) is 6.96.